The smallest absolute Gasteiger partial charge is 0.110 e. The Bertz CT molecular complexity index is 353. The Hall–Kier alpha value is -0.830. The van der Waals surface area contributed by atoms with E-state index in [4.69, 9.17) is 0 Å². The number of hydrogen-bond donors (Lipinski definition) is 1. The second kappa shape index (κ2) is 7.68. The van der Waals surface area contributed by atoms with E-state index in [0.717, 1.165) is 25.4 Å². The zero-order valence-electron chi connectivity index (χ0n) is 12.6. The molecular weight excluding hydrogens is 234 g/mol. The molecular formula is C16H29N3. The summed E-state index contributed by atoms with van der Waals surface area (Å²) < 4.78 is 2.33. The third-order valence-electron chi connectivity index (χ3n) is 4.29. The van der Waals surface area contributed by atoms with Crippen molar-refractivity contribution in [2.45, 2.75) is 71.4 Å². The minimum atomic E-state index is 0.625. The van der Waals surface area contributed by atoms with Crippen LogP contribution >= 0.6 is 0 Å². The Balaban J connectivity index is 1.99. The number of aromatic nitrogens is 2. The van der Waals surface area contributed by atoms with Crippen molar-refractivity contribution in [3.8, 4) is 0 Å². The molecule has 1 aromatic heterocycles. The zero-order chi connectivity index (χ0) is 13.5. The van der Waals surface area contributed by atoms with Crippen LogP contribution in [0.5, 0.6) is 0 Å². The fourth-order valence-corrected chi connectivity index (χ4v) is 3.27. The van der Waals surface area contributed by atoms with Gasteiger partial charge in [-0.25, -0.2) is 4.98 Å². The van der Waals surface area contributed by atoms with Gasteiger partial charge < -0.3 is 9.88 Å². The van der Waals surface area contributed by atoms with Gasteiger partial charge in [0.25, 0.3) is 0 Å². The lowest BCUT2D eigenvalue weighted by molar-refractivity contribution is 0.348. The summed E-state index contributed by atoms with van der Waals surface area (Å²) in [6.45, 7) is 6.71. The van der Waals surface area contributed by atoms with Crippen molar-refractivity contribution in [2.75, 3.05) is 6.54 Å². The van der Waals surface area contributed by atoms with E-state index in [-0.39, 0.29) is 0 Å². The second-order valence-electron chi connectivity index (χ2n) is 5.85. The predicted octanol–water partition coefficient (Wildman–Crippen LogP) is 3.39. The van der Waals surface area contributed by atoms with Gasteiger partial charge in [0.05, 0.1) is 0 Å². The highest BCUT2D eigenvalue weighted by atomic mass is 15.1. The molecule has 0 aliphatic heterocycles. The summed E-state index contributed by atoms with van der Waals surface area (Å²) in [7, 11) is 0. The van der Waals surface area contributed by atoms with Crippen molar-refractivity contribution in [3.05, 3.63) is 18.2 Å². The summed E-state index contributed by atoms with van der Waals surface area (Å²) in [6, 6.07) is 0.625. The van der Waals surface area contributed by atoms with E-state index in [1.165, 1.54) is 44.3 Å². The Kier molecular flexibility index (Phi) is 5.90. The number of aryl methyl sites for hydroxylation is 1. The molecule has 0 aromatic carbocycles. The van der Waals surface area contributed by atoms with Gasteiger partial charge in [0.1, 0.15) is 5.82 Å². The van der Waals surface area contributed by atoms with Gasteiger partial charge in [-0.15, -0.1) is 0 Å². The standard InChI is InChI=1S/C16H29N3/c1-3-9-17-15(14-7-5-6-8-14)13-16-18-10-12-19(16)11-4-2/h10,12,14-15,17H,3-9,11,13H2,1-2H3. The molecule has 2 rings (SSSR count). The van der Waals surface area contributed by atoms with Gasteiger partial charge in [-0.3, -0.25) is 0 Å². The van der Waals surface area contributed by atoms with Crippen molar-refractivity contribution in [1.82, 2.24) is 14.9 Å². The molecule has 0 saturated heterocycles. The van der Waals surface area contributed by atoms with E-state index >= 15 is 0 Å². The van der Waals surface area contributed by atoms with Gasteiger partial charge in [-0.1, -0.05) is 26.7 Å². The molecule has 3 heteroatoms. The summed E-state index contributed by atoms with van der Waals surface area (Å²) in [4.78, 5) is 4.58. The van der Waals surface area contributed by atoms with Crippen molar-refractivity contribution in [2.24, 2.45) is 5.92 Å². The van der Waals surface area contributed by atoms with Crippen molar-refractivity contribution >= 4 is 0 Å². The number of imidazole rings is 1. The average Bonchev–Trinajstić information content (AvgIpc) is 3.06. The van der Waals surface area contributed by atoms with E-state index in [2.05, 4.69) is 34.9 Å². The van der Waals surface area contributed by atoms with Gasteiger partial charge in [0.2, 0.25) is 0 Å². The first-order valence-corrected chi connectivity index (χ1v) is 8.08. The maximum absolute atomic E-state index is 4.58. The van der Waals surface area contributed by atoms with Crippen molar-refractivity contribution in [3.63, 3.8) is 0 Å². The van der Waals surface area contributed by atoms with Crippen LogP contribution in [0.4, 0.5) is 0 Å². The molecule has 1 saturated carbocycles. The minimum Gasteiger partial charge on any atom is -0.335 e. The average molecular weight is 263 g/mol. The molecule has 19 heavy (non-hydrogen) atoms. The molecule has 108 valence electrons. The lowest BCUT2D eigenvalue weighted by atomic mass is 9.95. The number of nitrogens with zero attached hydrogens (tertiary/aromatic N) is 2. The van der Waals surface area contributed by atoms with Gasteiger partial charge in [0, 0.05) is 31.4 Å². The third-order valence-corrected chi connectivity index (χ3v) is 4.29. The van der Waals surface area contributed by atoms with Crippen LogP contribution in [-0.2, 0) is 13.0 Å². The van der Waals surface area contributed by atoms with Gasteiger partial charge in [-0.05, 0) is 38.1 Å². The Morgan fingerprint density at radius 1 is 1.32 bits per heavy atom. The molecule has 1 aliphatic carbocycles. The molecule has 1 unspecified atom stereocenters. The topological polar surface area (TPSA) is 29.9 Å². The molecule has 1 atom stereocenters. The highest BCUT2D eigenvalue weighted by Gasteiger charge is 2.25. The molecule has 1 N–H and O–H groups in total. The highest BCUT2D eigenvalue weighted by molar-refractivity contribution is 4.97. The van der Waals surface area contributed by atoms with Crippen LogP contribution < -0.4 is 5.32 Å². The maximum atomic E-state index is 4.58. The van der Waals surface area contributed by atoms with Gasteiger partial charge in [-0.2, -0.15) is 0 Å². The fourth-order valence-electron chi connectivity index (χ4n) is 3.27. The molecule has 1 fully saturated rings. The van der Waals surface area contributed by atoms with Crippen LogP contribution in [0.1, 0.15) is 58.2 Å². The van der Waals surface area contributed by atoms with E-state index in [0.29, 0.717) is 6.04 Å². The summed E-state index contributed by atoms with van der Waals surface area (Å²) >= 11 is 0. The quantitative estimate of drug-likeness (QED) is 0.779. The predicted molar refractivity (Wildman–Crippen MR) is 80.3 cm³/mol. The normalized spacial score (nSPS) is 18.0. The maximum Gasteiger partial charge on any atom is 0.110 e. The summed E-state index contributed by atoms with van der Waals surface area (Å²) in [5.74, 6) is 2.13. The van der Waals surface area contributed by atoms with E-state index in [1.54, 1.807) is 0 Å². The van der Waals surface area contributed by atoms with Crippen LogP contribution in [0.25, 0.3) is 0 Å². The summed E-state index contributed by atoms with van der Waals surface area (Å²) in [6.07, 6.45) is 13.2. The lowest BCUT2D eigenvalue weighted by Gasteiger charge is -2.25. The Labute approximate surface area is 117 Å². The SMILES string of the molecule is CCCNC(Cc1nccn1CCC)C1CCCC1. The monoisotopic (exact) mass is 263 g/mol. The number of nitrogens with one attached hydrogen (secondary N) is 1. The molecule has 1 heterocycles. The second-order valence-corrected chi connectivity index (χ2v) is 5.85. The first-order valence-electron chi connectivity index (χ1n) is 8.08. The number of rotatable bonds is 8. The molecule has 0 bridgehead atoms. The number of hydrogen-bond acceptors (Lipinski definition) is 2. The Morgan fingerprint density at radius 2 is 2.11 bits per heavy atom. The molecule has 0 radical (unpaired) electrons. The first kappa shape index (κ1) is 14.6. The molecule has 1 aromatic rings. The first-order chi connectivity index (χ1) is 9.35. The van der Waals surface area contributed by atoms with Crippen LogP contribution in [0.3, 0.4) is 0 Å². The summed E-state index contributed by atoms with van der Waals surface area (Å²) in [5.41, 5.74) is 0. The lowest BCUT2D eigenvalue weighted by Crippen LogP contribution is -2.38. The van der Waals surface area contributed by atoms with Crippen LogP contribution in [0.2, 0.25) is 0 Å². The van der Waals surface area contributed by atoms with Crippen molar-refractivity contribution < 1.29 is 0 Å². The third kappa shape index (κ3) is 4.07. The highest BCUT2D eigenvalue weighted by Crippen LogP contribution is 2.29. The van der Waals surface area contributed by atoms with E-state index in [9.17, 15) is 0 Å². The molecule has 3 nitrogen and oxygen atoms in total. The Morgan fingerprint density at radius 3 is 2.79 bits per heavy atom. The fraction of sp³-hybridized carbons (Fsp3) is 0.812. The molecule has 0 amide bonds. The van der Waals surface area contributed by atoms with E-state index < -0.39 is 0 Å². The molecule has 0 spiro atoms. The van der Waals surface area contributed by atoms with Crippen LogP contribution in [0.15, 0.2) is 12.4 Å². The minimum absolute atomic E-state index is 0.625. The van der Waals surface area contributed by atoms with Gasteiger partial charge >= 0.3 is 0 Å². The summed E-state index contributed by atoms with van der Waals surface area (Å²) in [5, 5.41) is 3.77. The molecule has 1 aliphatic rings. The van der Waals surface area contributed by atoms with Crippen LogP contribution in [0, 0.1) is 5.92 Å². The van der Waals surface area contributed by atoms with Crippen LogP contribution in [-0.4, -0.2) is 22.1 Å². The van der Waals surface area contributed by atoms with E-state index in [1.807, 2.05) is 6.20 Å². The largest absolute Gasteiger partial charge is 0.335 e. The van der Waals surface area contributed by atoms with Gasteiger partial charge in [0.15, 0.2) is 0 Å². The van der Waals surface area contributed by atoms with Crippen molar-refractivity contribution in [1.29, 1.82) is 0 Å². The zero-order valence-corrected chi connectivity index (χ0v) is 12.6.